The van der Waals surface area contributed by atoms with Crippen LogP contribution in [0.3, 0.4) is 0 Å². The van der Waals surface area contributed by atoms with Crippen molar-refractivity contribution in [3.63, 3.8) is 0 Å². The van der Waals surface area contributed by atoms with Crippen molar-refractivity contribution in [1.82, 2.24) is 5.32 Å². The van der Waals surface area contributed by atoms with E-state index in [1.807, 2.05) is 20.8 Å². The molecule has 1 rings (SSSR count). The van der Waals surface area contributed by atoms with Crippen molar-refractivity contribution in [2.45, 2.75) is 40.2 Å². The molecule has 0 radical (unpaired) electrons. The van der Waals surface area contributed by atoms with Crippen LogP contribution in [-0.2, 0) is 0 Å². The highest BCUT2D eigenvalue weighted by atomic mass is 32.1. The second-order valence-corrected chi connectivity index (χ2v) is 6.64. The quantitative estimate of drug-likeness (QED) is 0.648. The number of carbonyl (C=O) groups excluding carboxylic acids is 1. The minimum absolute atomic E-state index is 0.121. The first-order valence-electron chi connectivity index (χ1n) is 6.78. The fourth-order valence-corrected chi connectivity index (χ4v) is 3.01. The summed E-state index contributed by atoms with van der Waals surface area (Å²) < 4.78 is 0. The maximum absolute atomic E-state index is 11.8. The Morgan fingerprint density at radius 3 is 2.43 bits per heavy atom. The molecule has 1 unspecified atom stereocenters. The predicted octanol–water partition coefficient (Wildman–Crippen LogP) is 2.59. The average molecular weight is 314 g/mol. The third-order valence-electron chi connectivity index (χ3n) is 3.07. The fourth-order valence-electron chi connectivity index (χ4n) is 1.96. The summed E-state index contributed by atoms with van der Waals surface area (Å²) in [6, 6.07) is -0.512. The van der Waals surface area contributed by atoms with Gasteiger partial charge in [-0.05, 0) is 31.7 Å². The molecule has 0 bridgehead atoms. The van der Waals surface area contributed by atoms with E-state index >= 15 is 0 Å². The number of anilines is 1. The second kappa shape index (κ2) is 7.42. The first-order chi connectivity index (χ1) is 9.72. The Morgan fingerprint density at radius 2 is 1.90 bits per heavy atom. The number of carboxylic acid groups (broad SMARTS) is 1. The number of rotatable bonds is 6. The predicted molar refractivity (Wildman–Crippen MR) is 83.2 cm³/mol. The van der Waals surface area contributed by atoms with Crippen LogP contribution in [0.2, 0.25) is 0 Å². The van der Waals surface area contributed by atoms with Crippen LogP contribution in [0.25, 0.3) is 0 Å². The van der Waals surface area contributed by atoms with Gasteiger partial charge in [-0.25, -0.2) is 9.59 Å². The minimum atomic E-state index is -1.06. The van der Waals surface area contributed by atoms with Gasteiger partial charge >= 0.3 is 12.0 Å². The molecule has 1 heterocycles. The zero-order valence-electron chi connectivity index (χ0n) is 12.7. The van der Waals surface area contributed by atoms with E-state index in [1.54, 1.807) is 6.92 Å². The smallest absolute Gasteiger partial charge is 0.338 e. The van der Waals surface area contributed by atoms with E-state index in [0.717, 1.165) is 4.88 Å². The van der Waals surface area contributed by atoms with Crippen molar-refractivity contribution in [3.05, 3.63) is 16.0 Å². The van der Waals surface area contributed by atoms with E-state index in [2.05, 4.69) is 10.6 Å². The van der Waals surface area contributed by atoms with Crippen LogP contribution >= 0.6 is 11.3 Å². The van der Waals surface area contributed by atoms with Crippen molar-refractivity contribution in [2.24, 2.45) is 5.92 Å². The molecule has 0 spiro atoms. The van der Waals surface area contributed by atoms with E-state index in [-0.39, 0.29) is 12.1 Å². The minimum Gasteiger partial charge on any atom is -0.478 e. The van der Waals surface area contributed by atoms with Crippen LogP contribution in [0.1, 0.15) is 41.1 Å². The Hall–Kier alpha value is -1.60. The molecule has 6 nitrogen and oxygen atoms in total. The summed E-state index contributed by atoms with van der Waals surface area (Å²) in [5.74, 6) is -0.724. The van der Waals surface area contributed by atoms with Crippen molar-refractivity contribution >= 4 is 28.3 Å². The van der Waals surface area contributed by atoms with Crippen molar-refractivity contribution in [3.8, 4) is 0 Å². The summed E-state index contributed by atoms with van der Waals surface area (Å²) in [5.41, 5.74) is 0.776. The van der Waals surface area contributed by atoms with E-state index in [9.17, 15) is 19.8 Å². The van der Waals surface area contributed by atoms with Crippen LogP contribution in [0.5, 0.6) is 0 Å². The lowest BCUT2D eigenvalue weighted by Gasteiger charge is -2.14. The number of aliphatic hydroxyl groups is 1. The lowest BCUT2D eigenvalue weighted by Crippen LogP contribution is -2.35. The largest absolute Gasteiger partial charge is 0.478 e. The van der Waals surface area contributed by atoms with Gasteiger partial charge in [0.05, 0.1) is 11.7 Å². The van der Waals surface area contributed by atoms with Gasteiger partial charge in [0.15, 0.2) is 0 Å². The molecule has 118 valence electrons. The second-order valence-electron chi connectivity index (χ2n) is 5.41. The highest BCUT2D eigenvalue weighted by Gasteiger charge is 2.20. The molecule has 0 fully saturated rings. The number of amides is 2. The molecule has 1 aromatic rings. The van der Waals surface area contributed by atoms with Crippen molar-refractivity contribution in [2.75, 3.05) is 11.9 Å². The zero-order valence-corrected chi connectivity index (χ0v) is 13.5. The molecule has 7 heteroatoms. The highest BCUT2D eigenvalue weighted by molar-refractivity contribution is 7.16. The Bertz CT molecular complexity index is 525. The third kappa shape index (κ3) is 5.02. The molecule has 0 aliphatic rings. The van der Waals surface area contributed by atoms with Crippen LogP contribution in [0.4, 0.5) is 9.80 Å². The first-order valence-corrected chi connectivity index (χ1v) is 7.60. The molecule has 1 aromatic heterocycles. The number of hydrogen-bond donors (Lipinski definition) is 4. The zero-order chi connectivity index (χ0) is 16.2. The van der Waals surface area contributed by atoms with Gasteiger partial charge < -0.3 is 15.5 Å². The summed E-state index contributed by atoms with van der Waals surface area (Å²) in [7, 11) is 0. The molecule has 0 saturated heterocycles. The normalized spacial score (nSPS) is 12.3. The molecule has 4 N–H and O–H groups in total. The maximum Gasteiger partial charge on any atom is 0.338 e. The number of aliphatic hydroxyl groups excluding tert-OH is 1. The van der Waals surface area contributed by atoms with Gasteiger partial charge in [0, 0.05) is 11.4 Å². The number of aryl methyl sites for hydroxylation is 1. The van der Waals surface area contributed by atoms with Crippen LogP contribution in [-0.4, -0.2) is 34.9 Å². The van der Waals surface area contributed by atoms with Crippen LogP contribution in [0, 0.1) is 19.8 Å². The topological polar surface area (TPSA) is 98.7 Å². The number of nitrogens with one attached hydrogen (secondary N) is 2. The van der Waals surface area contributed by atoms with Gasteiger partial charge in [-0.3, -0.25) is 5.32 Å². The lowest BCUT2D eigenvalue weighted by atomic mass is 10.1. The standard InChI is InChI=1S/C14H22N2O4S/c1-7(2)5-10(17)6-15-14(20)16-12-11(13(18)19)8(3)9(4)21-12/h7,10,17H,5-6H2,1-4H3,(H,18,19)(H2,15,16,20). The maximum atomic E-state index is 11.8. The Kier molecular flexibility index (Phi) is 6.17. The number of carbonyl (C=O) groups is 2. The van der Waals surface area contributed by atoms with Gasteiger partial charge in [0.25, 0.3) is 0 Å². The Labute approximate surface area is 128 Å². The van der Waals surface area contributed by atoms with Gasteiger partial charge in [-0.2, -0.15) is 0 Å². The molecule has 0 aromatic carbocycles. The van der Waals surface area contributed by atoms with Crippen molar-refractivity contribution in [1.29, 1.82) is 0 Å². The summed E-state index contributed by atoms with van der Waals surface area (Å²) in [4.78, 5) is 23.8. The Balaban J connectivity index is 2.64. The molecule has 2 amide bonds. The lowest BCUT2D eigenvalue weighted by molar-refractivity contribution is 0.0697. The summed E-state index contributed by atoms with van der Waals surface area (Å²) in [6.45, 7) is 7.63. The van der Waals surface area contributed by atoms with E-state index in [1.165, 1.54) is 11.3 Å². The van der Waals surface area contributed by atoms with Gasteiger partial charge in [0.2, 0.25) is 0 Å². The number of hydrogen-bond acceptors (Lipinski definition) is 4. The van der Waals surface area contributed by atoms with Gasteiger partial charge in [-0.1, -0.05) is 13.8 Å². The van der Waals surface area contributed by atoms with E-state index in [0.29, 0.717) is 22.9 Å². The van der Waals surface area contributed by atoms with Crippen LogP contribution in [0.15, 0.2) is 0 Å². The molecule has 21 heavy (non-hydrogen) atoms. The Morgan fingerprint density at radius 1 is 1.29 bits per heavy atom. The van der Waals surface area contributed by atoms with Gasteiger partial charge in [-0.15, -0.1) is 11.3 Å². The molecule has 0 aliphatic carbocycles. The van der Waals surface area contributed by atoms with E-state index in [4.69, 9.17) is 0 Å². The first kappa shape index (κ1) is 17.5. The highest BCUT2D eigenvalue weighted by Crippen LogP contribution is 2.32. The molecule has 0 aliphatic heterocycles. The summed E-state index contributed by atoms with van der Waals surface area (Å²) >= 11 is 1.23. The SMILES string of the molecule is Cc1sc(NC(=O)NCC(O)CC(C)C)c(C(=O)O)c1C. The van der Waals surface area contributed by atoms with E-state index < -0.39 is 18.1 Å². The third-order valence-corrected chi connectivity index (χ3v) is 4.19. The molecule has 1 atom stereocenters. The number of thiophene rings is 1. The molecular formula is C14H22N2O4S. The number of urea groups is 1. The molecule has 0 saturated carbocycles. The fraction of sp³-hybridized carbons (Fsp3) is 0.571. The van der Waals surface area contributed by atoms with Crippen LogP contribution < -0.4 is 10.6 Å². The van der Waals surface area contributed by atoms with Gasteiger partial charge in [0.1, 0.15) is 5.00 Å². The number of aromatic carboxylic acids is 1. The molecular weight excluding hydrogens is 292 g/mol. The number of carboxylic acids is 1. The average Bonchev–Trinajstić information content (AvgIpc) is 2.61. The summed E-state index contributed by atoms with van der Waals surface area (Å²) in [5, 5.41) is 24.3. The van der Waals surface area contributed by atoms with Crippen molar-refractivity contribution < 1.29 is 19.8 Å². The summed E-state index contributed by atoms with van der Waals surface area (Å²) in [6.07, 6.45) is -0.0146. The monoisotopic (exact) mass is 314 g/mol.